The molecular weight excluding hydrogens is 408 g/mol. The Bertz CT molecular complexity index is 1210. The summed E-state index contributed by atoms with van der Waals surface area (Å²) in [6, 6.07) is 9.06. The Hall–Kier alpha value is -3.62. The average Bonchev–Trinajstić information content (AvgIpc) is 2.72. The quantitative estimate of drug-likeness (QED) is 0.606. The van der Waals surface area contributed by atoms with Crippen LogP contribution in [0, 0.1) is 17.6 Å². The van der Waals surface area contributed by atoms with Crippen molar-refractivity contribution in [2.75, 3.05) is 5.32 Å². The lowest BCUT2D eigenvalue weighted by atomic mass is 10.1. The first-order chi connectivity index (χ1) is 14.7. The summed E-state index contributed by atoms with van der Waals surface area (Å²) >= 11 is 0. The normalized spacial score (nSPS) is 12.1. The molecule has 0 radical (unpaired) electrons. The van der Waals surface area contributed by atoms with Gasteiger partial charge < -0.3 is 10.1 Å². The molecule has 0 saturated heterocycles. The molecule has 1 N–H and O–H groups in total. The summed E-state index contributed by atoms with van der Waals surface area (Å²) in [7, 11) is 0. The number of benzene rings is 2. The smallest absolute Gasteiger partial charge is 0.360 e. The number of aromatic nitrogens is 2. The number of carbonyl (C=O) groups is 2. The number of fused-ring (bicyclic) bond motifs is 1. The Morgan fingerprint density at radius 1 is 1.10 bits per heavy atom. The van der Waals surface area contributed by atoms with Crippen molar-refractivity contribution < 1.29 is 23.1 Å². The number of amides is 1. The molecule has 0 aliphatic rings. The number of carbonyl (C=O) groups excluding carboxylic acids is 2. The maximum atomic E-state index is 13.8. The molecule has 0 spiro atoms. The summed E-state index contributed by atoms with van der Waals surface area (Å²) in [4.78, 5) is 37.8. The second kappa shape index (κ2) is 9.03. The highest BCUT2D eigenvalue weighted by molar-refractivity contribution is 6.03. The lowest BCUT2D eigenvalue weighted by molar-refractivity contribution is -0.123. The van der Waals surface area contributed by atoms with Crippen LogP contribution >= 0.6 is 0 Å². The monoisotopic (exact) mass is 429 g/mol. The molecule has 0 aliphatic heterocycles. The first-order valence-electron chi connectivity index (χ1n) is 9.64. The van der Waals surface area contributed by atoms with Crippen molar-refractivity contribution >= 4 is 28.3 Å². The predicted molar refractivity (Wildman–Crippen MR) is 111 cm³/mol. The topological polar surface area (TPSA) is 90.3 Å². The zero-order valence-corrected chi connectivity index (χ0v) is 17.2. The van der Waals surface area contributed by atoms with Crippen LogP contribution in [0.15, 0.2) is 47.3 Å². The third kappa shape index (κ3) is 4.93. The van der Waals surface area contributed by atoms with Gasteiger partial charge in [-0.2, -0.15) is 5.10 Å². The van der Waals surface area contributed by atoms with Crippen molar-refractivity contribution in [3.63, 3.8) is 0 Å². The zero-order chi connectivity index (χ0) is 22.7. The molecule has 1 heterocycles. The van der Waals surface area contributed by atoms with Crippen LogP contribution in [0.5, 0.6) is 0 Å². The molecule has 0 fully saturated rings. The van der Waals surface area contributed by atoms with Crippen molar-refractivity contribution in [2.45, 2.75) is 33.4 Å². The van der Waals surface area contributed by atoms with Crippen molar-refractivity contribution in [3.05, 3.63) is 70.1 Å². The van der Waals surface area contributed by atoms with E-state index in [1.54, 1.807) is 24.3 Å². The molecule has 1 atom stereocenters. The van der Waals surface area contributed by atoms with Crippen molar-refractivity contribution in [1.82, 2.24) is 9.78 Å². The van der Waals surface area contributed by atoms with Crippen molar-refractivity contribution in [3.8, 4) is 0 Å². The van der Waals surface area contributed by atoms with E-state index in [1.807, 2.05) is 13.8 Å². The minimum absolute atomic E-state index is 0.0982. The van der Waals surface area contributed by atoms with Crippen molar-refractivity contribution in [1.29, 1.82) is 0 Å². The average molecular weight is 429 g/mol. The second-order valence-electron chi connectivity index (χ2n) is 7.44. The molecule has 0 bridgehead atoms. The lowest BCUT2D eigenvalue weighted by Gasteiger charge is -2.16. The molecule has 7 nitrogen and oxygen atoms in total. The molecule has 3 aromatic rings. The van der Waals surface area contributed by atoms with Crippen LogP contribution in [0.4, 0.5) is 14.5 Å². The molecule has 31 heavy (non-hydrogen) atoms. The Morgan fingerprint density at radius 3 is 2.45 bits per heavy atom. The zero-order valence-electron chi connectivity index (χ0n) is 17.2. The van der Waals surface area contributed by atoms with E-state index in [0.717, 1.165) is 18.2 Å². The van der Waals surface area contributed by atoms with Gasteiger partial charge in [0, 0.05) is 18.0 Å². The predicted octanol–water partition coefficient (Wildman–Crippen LogP) is 3.51. The summed E-state index contributed by atoms with van der Waals surface area (Å²) in [5.74, 6) is -3.24. The maximum Gasteiger partial charge on any atom is 0.360 e. The minimum atomic E-state index is -1.33. The Kier molecular flexibility index (Phi) is 6.43. The van der Waals surface area contributed by atoms with Crippen LogP contribution in [-0.2, 0) is 16.1 Å². The summed E-state index contributed by atoms with van der Waals surface area (Å²) in [6.45, 7) is 5.38. The van der Waals surface area contributed by atoms with Gasteiger partial charge >= 0.3 is 5.97 Å². The van der Waals surface area contributed by atoms with E-state index >= 15 is 0 Å². The maximum absolute atomic E-state index is 13.8. The highest BCUT2D eigenvalue weighted by Crippen LogP contribution is 2.18. The lowest BCUT2D eigenvalue weighted by Crippen LogP contribution is -2.32. The van der Waals surface area contributed by atoms with Gasteiger partial charge in [0.1, 0.15) is 11.6 Å². The van der Waals surface area contributed by atoms with Crippen molar-refractivity contribution in [2.24, 2.45) is 5.92 Å². The third-order valence-corrected chi connectivity index (χ3v) is 4.44. The van der Waals surface area contributed by atoms with Crippen LogP contribution in [0.1, 0.15) is 31.3 Å². The van der Waals surface area contributed by atoms with Crippen LogP contribution in [0.2, 0.25) is 0 Å². The van der Waals surface area contributed by atoms with E-state index in [9.17, 15) is 23.2 Å². The van der Waals surface area contributed by atoms with Gasteiger partial charge in [-0.05, 0) is 31.0 Å². The number of rotatable bonds is 6. The SMILES string of the molecule is CC(C)Cn1nc(C(=O)OC(C)C(=O)Nc2cc(F)ccc2F)c2ccccc2c1=O. The van der Waals surface area contributed by atoms with E-state index in [1.165, 1.54) is 11.6 Å². The molecule has 1 amide bonds. The number of nitrogens with one attached hydrogen (secondary N) is 1. The Labute approximate surface area is 176 Å². The third-order valence-electron chi connectivity index (χ3n) is 4.44. The number of hydrogen-bond acceptors (Lipinski definition) is 5. The Balaban J connectivity index is 1.87. The Morgan fingerprint density at radius 2 is 1.77 bits per heavy atom. The number of esters is 1. The van der Waals surface area contributed by atoms with Gasteiger partial charge in [-0.25, -0.2) is 18.3 Å². The van der Waals surface area contributed by atoms with Gasteiger partial charge in [0.25, 0.3) is 11.5 Å². The van der Waals surface area contributed by atoms with Crippen LogP contribution in [0.3, 0.4) is 0 Å². The number of ether oxygens (including phenoxy) is 1. The fraction of sp³-hybridized carbons (Fsp3) is 0.273. The van der Waals surface area contributed by atoms with Crippen LogP contribution in [-0.4, -0.2) is 27.8 Å². The molecular formula is C22H21F2N3O4. The highest BCUT2D eigenvalue weighted by Gasteiger charge is 2.24. The summed E-state index contributed by atoms with van der Waals surface area (Å²) in [6.07, 6.45) is -1.33. The van der Waals surface area contributed by atoms with E-state index in [0.29, 0.717) is 17.3 Å². The van der Waals surface area contributed by atoms with Gasteiger partial charge in [-0.15, -0.1) is 0 Å². The molecule has 1 aromatic heterocycles. The summed E-state index contributed by atoms with van der Waals surface area (Å²) in [5.41, 5.74) is -0.831. The van der Waals surface area contributed by atoms with E-state index in [-0.39, 0.29) is 22.9 Å². The van der Waals surface area contributed by atoms with Gasteiger partial charge in [0.05, 0.1) is 11.1 Å². The fourth-order valence-corrected chi connectivity index (χ4v) is 2.95. The van der Waals surface area contributed by atoms with E-state index < -0.39 is 29.6 Å². The number of hydrogen-bond donors (Lipinski definition) is 1. The summed E-state index contributed by atoms with van der Waals surface area (Å²) < 4.78 is 33.4. The van der Waals surface area contributed by atoms with Gasteiger partial charge in [-0.3, -0.25) is 9.59 Å². The molecule has 9 heteroatoms. The molecule has 3 rings (SSSR count). The number of anilines is 1. The molecule has 0 aliphatic carbocycles. The minimum Gasteiger partial charge on any atom is -0.448 e. The number of halogens is 2. The van der Waals surface area contributed by atoms with Crippen LogP contribution < -0.4 is 10.9 Å². The van der Waals surface area contributed by atoms with E-state index in [4.69, 9.17) is 4.74 Å². The second-order valence-corrected chi connectivity index (χ2v) is 7.44. The first-order valence-corrected chi connectivity index (χ1v) is 9.64. The fourth-order valence-electron chi connectivity index (χ4n) is 2.95. The van der Waals surface area contributed by atoms with E-state index in [2.05, 4.69) is 10.4 Å². The molecule has 162 valence electrons. The molecule has 1 unspecified atom stereocenters. The van der Waals surface area contributed by atoms with Gasteiger partial charge in [0.15, 0.2) is 11.8 Å². The van der Waals surface area contributed by atoms with Gasteiger partial charge in [0.2, 0.25) is 0 Å². The van der Waals surface area contributed by atoms with Crippen LogP contribution in [0.25, 0.3) is 10.8 Å². The highest BCUT2D eigenvalue weighted by atomic mass is 19.1. The first kappa shape index (κ1) is 22.1. The van der Waals surface area contributed by atoms with Gasteiger partial charge in [-0.1, -0.05) is 32.0 Å². The standard InChI is InChI=1S/C22H21F2N3O4/c1-12(2)11-27-21(29)16-7-5-4-6-15(16)19(26-27)22(30)31-13(3)20(28)25-18-10-14(23)8-9-17(18)24/h4-10,12-13H,11H2,1-3H3,(H,25,28). The molecule has 2 aromatic carbocycles. The summed E-state index contributed by atoms with van der Waals surface area (Å²) in [5, 5.41) is 6.92. The molecule has 0 saturated carbocycles. The largest absolute Gasteiger partial charge is 0.448 e. The number of nitrogens with zero attached hydrogens (tertiary/aromatic N) is 2.